The van der Waals surface area contributed by atoms with Crippen LogP contribution in [-0.4, -0.2) is 37.8 Å². The van der Waals surface area contributed by atoms with Crippen LogP contribution in [0.5, 0.6) is 0 Å². The van der Waals surface area contributed by atoms with Gasteiger partial charge in [-0.05, 0) is 54.4 Å². The zero-order chi connectivity index (χ0) is 26.7. The Morgan fingerprint density at radius 3 is 2.49 bits per heavy atom. The lowest BCUT2D eigenvalue weighted by molar-refractivity contribution is -0.143. The van der Waals surface area contributed by atoms with Gasteiger partial charge in [-0.2, -0.15) is 18.3 Å². The van der Waals surface area contributed by atoms with Crippen LogP contribution in [-0.2, 0) is 6.18 Å². The smallest absolute Gasteiger partial charge is 0.321 e. The van der Waals surface area contributed by atoms with Crippen molar-refractivity contribution in [1.82, 2.24) is 19.7 Å². The number of nitrogens with zero attached hydrogens (tertiary/aromatic N) is 5. The number of pyridine rings is 2. The van der Waals surface area contributed by atoms with E-state index in [1.54, 1.807) is 12.1 Å². The maximum absolute atomic E-state index is 14.1. The van der Waals surface area contributed by atoms with Crippen LogP contribution in [0.4, 0.5) is 18.9 Å². The second kappa shape index (κ2) is 10.5. The molecule has 0 aliphatic heterocycles. The third-order valence-electron chi connectivity index (χ3n) is 5.03. The van der Waals surface area contributed by atoms with Crippen LogP contribution in [0.15, 0.2) is 66.2 Å². The first-order valence-corrected chi connectivity index (χ1v) is 11.2. The maximum atomic E-state index is 14.1. The molecule has 1 aromatic carbocycles. The molecule has 0 unspecified atom stereocenters. The number of aromatic nitrogens is 4. The quantitative estimate of drug-likeness (QED) is 0.318. The molecule has 13 heteroatoms. The molecule has 4 aromatic rings. The van der Waals surface area contributed by atoms with E-state index < -0.39 is 29.2 Å². The molecule has 0 saturated carbocycles. The van der Waals surface area contributed by atoms with Gasteiger partial charge >= 0.3 is 6.18 Å². The maximum Gasteiger partial charge on any atom is 0.434 e. The average molecular weight is 547 g/mol. The number of rotatable bonds is 5. The SMILES string of the molecule is Cc1cc(Cl)cc(C(=O)N=Cc2ccncc2)c1NC(=O)c1cnn(-c2ncccc2Cl)c1C(F)(F)F. The zero-order valence-corrected chi connectivity index (χ0v) is 20.3. The highest BCUT2D eigenvalue weighted by Crippen LogP contribution is 2.35. The predicted octanol–water partition coefficient (Wildman–Crippen LogP) is 5.81. The van der Waals surface area contributed by atoms with Crippen LogP contribution in [0.1, 0.15) is 37.5 Å². The van der Waals surface area contributed by atoms with Crippen LogP contribution in [0.25, 0.3) is 5.82 Å². The Morgan fingerprint density at radius 2 is 1.81 bits per heavy atom. The molecule has 0 bridgehead atoms. The average Bonchev–Trinajstić information content (AvgIpc) is 3.31. The Morgan fingerprint density at radius 1 is 1.08 bits per heavy atom. The molecule has 0 fully saturated rings. The number of nitrogens with one attached hydrogen (secondary N) is 1. The van der Waals surface area contributed by atoms with Crippen molar-refractivity contribution >= 4 is 46.9 Å². The van der Waals surface area contributed by atoms with E-state index in [1.807, 2.05) is 0 Å². The van der Waals surface area contributed by atoms with E-state index >= 15 is 0 Å². The lowest BCUT2D eigenvalue weighted by atomic mass is 10.1. The summed E-state index contributed by atoms with van der Waals surface area (Å²) in [6.07, 6.45) is 1.30. The molecule has 0 aliphatic carbocycles. The minimum absolute atomic E-state index is 0.0528. The van der Waals surface area contributed by atoms with Crippen molar-refractivity contribution in [2.75, 3.05) is 5.32 Å². The zero-order valence-electron chi connectivity index (χ0n) is 18.8. The van der Waals surface area contributed by atoms with Gasteiger partial charge in [0.2, 0.25) is 0 Å². The molecule has 0 radical (unpaired) electrons. The Labute approximate surface area is 217 Å². The van der Waals surface area contributed by atoms with E-state index in [1.165, 1.54) is 56.0 Å². The third-order valence-corrected chi connectivity index (χ3v) is 5.54. The Balaban J connectivity index is 1.73. The Kier molecular flexibility index (Phi) is 7.37. The van der Waals surface area contributed by atoms with Gasteiger partial charge < -0.3 is 5.32 Å². The summed E-state index contributed by atoms with van der Waals surface area (Å²) in [6, 6.07) is 8.72. The number of hydrogen-bond donors (Lipinski definition) is 1. The van der Waals surface area contributed by atoms with Gasteiger partial charge in [-0.3, -0.25) is 14.6 Å². The molecule has 0 spiro atoms. The summed E-state index contributed by atoms with van der Waals surface area (Å²) in [7, 11) is 0. The fourth-order valence-corrected chi connectivity index (χ4v) is 3.87. The molecule has 4 rings (SSSR count). The number of carbonyl (C=O) groups excluding carboxylic acids is 2. The van der Waals surface area contributed by atoms with Crippen LogP contribution in [0.3, 0.4) is 0 Å². The first kappa shape index (κ1) is 26.0. The molecule has 3 heterocycles. The first-order chi connectivity index (χ1) is 17.6. The van der Waals surface area contributed by atoms with E-state index in [0.29, 0.717) is 15.8 Å². The molecule has 188 valence electrons. The van der Waals surface area contributed by atoms with Gasteiger partial charge in [0.15, 0.2) is 11.5 Å². The number of anilines is 1. The number of benzene rings is 1. The monoisotopic (exact) mass is 546 g/mol. The van der Waals surface area contributed by atoms with Crippen molar-refractivity contribution in [3.05, 3.63) is 99.2 Å². The fraction of sp³-hybridized carbons (Fsp3) is 0.0833. The summed E-state index contributed by atoms with van der Waals surface area (Å²) >= 11 is 12.1. The number of aryl methyl sites for hydroxylation is 1. The van der Waals surface area contributed by atoms with Gasteiger partial charge in [-0.25, -0.2) is 14.7 Å². The number of alkyl halides is 3. The molecule has 37 heavy (non-hydrogen) atoms. The van der Waals surface area contributed by atoms with Crippen molar-refractivity contribution in [3.8, 4) is 5.82 Å². The summed E-state index contributed by atoms with van der Waals surface area (Å²) in [6.45, 7) is 1.53. The highest BCUT2D eigenvalue weighted by atomic mass is 35.5. The van der Waals surface area contributed by atoms with Gasteiger partial charge in [0.05, 0.1) is 28.0 Å². The normalized spacial score (nSPS) is 11.6. The van der Waals surface area contributed by atoms with Crippen LogP contribution >= 0.6 is 23.2 Å². The summed E-state index contributed by atoms with van der Waals surface area (Å²) in [5.41, 5.74) is -1.44. The van der Waals surface area contributed by atoms with Gasteiger partial charge in [-0.15, -0.1) is 0 Å². The lowest BCUT2D eigenvalue weighted by Crippen LogP contribution is -2.22. The van der Waals surface area contributed by atoms with Gasteiger partial charge in [-0.1, -0.05) is 23.2 Å². The molecular weight excluding hydrogens is 532 g/mol. The lowest BCUT2D eigenvalue weighted by Gasteiger charge is -2.15. The number of amides is 2. The standard InChI is InChI=1S/C24H15Cl2F3N6O2/c1-13-9-15(25)10-16(22(36)32-11-14-4-7-30-8-5-14)19(13)34-23(37)17-12-33-35(20(17)24(27,28)29)21-18(26)3-2-6-31-21/h2-12H,1H3,(H,34,37). The summed E-state index contributed by atoms with van der Waals surface area (Å²) < 4.78 is 42.6. The Bertz CT molecular complexity index is 1520. The van der Waals surface area contributed by atoms with E-state index in [4.69, 9.17) is 23.2 Å². The van der Waals surface area contributed by atoms with Crippen LogP contribution in [0, 0.1) is 6.92 Å². The van der Waals surface area contributed by atoms with Gasteiger partial charge in [0.25, 0.3) is 11.8 Å². The summed E-state index contributed by atoms with van der Waals surface area (Å²) in [5.74, 6) is -2.24. The number of hydrogen-bond acceptors (Lipinski definition) is 5. The second-order valence-electron chi connectivity index (χ2n) is 7.57. The topological polar surface area (TPSA) is 102 Å². The van der Waals surface area contributed by atoms with Crippen molar-refractivity contribution in [3.63, 3.8) is 0 Å². The molecule has 3 aromatic heterocycles. The minimum atomic E-state index is -4.99. The summed E-state index contributed by atoms with van der Waals surface area (Å²) in [4.78, 5) is 37.6. The van der Waals surface area contributed by atoms with Gasteiger partial charge in [0.1, 0.15) is 0 Å². The minimum Gasteiger partial charge on any atom is -0.321 e. The molecular formula is C24H15Cl2F3N6O2. The first-order valence-electron chi connectivity index (χ1n) is 10.4. The van der Waals surface area contributed by atoms with E-state index in [2.05, 4.69) is 25.4 Å². The number of aliphatic imine (C=N–C) groups is 1. The Hall–Kier alpha value is -4.09. The van der Waals surface area contributed by atoms with E-state index in [9.17, 15) is 22.8 Å². The molecule has 0 saturated heterocycles. The van der Waals surface area contributed by atoms with Crippen molar-refractivity contribution in [1.29, 1.82) is 0 Å². The van der Waals surface area contributed by atoms with Crippen LogP contribution < -0.4 is 5.32 Å². The molecule has 0 atom stereocenters. The number of halogens is 5. The van der Waals surface area contributed by atoms with E-state index in [0.717, 1.165) is 6.20 Å². The highest BCUT2D eigenvalue weighted by molar-refractivity contribution is 6.32. The molecule has 8 nitrogen and oxygen atoms in total. The number of carbonyl (C=O) groups is 2. The summed E-state index contributed by atoms with van der Waals surface area (Å²) in [5, 5.41) is 6.16. The third kappa shape index (κ3) is 5.68. The predicted molar refractivity (Wildman–Crippen MR) is 132 cm³/mol. The highest BCUT2D eigenvalue weighted by Gasteiger charge is 2.41. The van der Waals surface area contributed by atoms with Crippen LogP contribution in [0.2, 0.25) is 10.0 Å². The molecule has 2 amide bonds. The second-order valence-corrected chi connectivity index (χ2v) is 8.41. The molecule has 1 N–H and O–H groups in total. The van der Waals surface area contributed by atoms with Crippen molar-refractivity contribution < 1.29 is 22.8 Å². The van der Waals surface area contributed by atoms with Crippen molar-refractivity contribution in [2.24, 2.45) is 4.99 Å². The van der Waals surface area contributed by atoms with Gasteiger partial charge in [0, 0.05) is 29.8 Å². The molecule has 0 aliphatic rings. The largest absolute Gasteiger partial charge is 0.434 e. The van der Waals surface area contributed by atoms with E-state index in [-0.39, 0.29) is 27.1 Å². The fourth-order valence-electron chi connectivity index (χ4n) is 3.39. The van der Waals surface area contributed by atoms with Crippen molar-refractivity contribution in [2.45, 2.75) is 13.1 Å².